The molecule has 0 radical (unpaired) electrons. The number of Topliss-reactive ketones (excluding diaryl/α,β-unsaturated/α-hetero) is 1. The molecule has 0 aliphatic rings. The minimum absolute atomic E-state index is 0.234. The first-order chi connectivity index (χ1) is 11.5. The van der Waals surface area contributed by atoms with Crippen LogP contribution in [0.15, 0.2) is 55.1 Å². The zero-order valence-electron chi connectivity index (χ0n) is 12.1. The van der Waals surface area contributed by atoms with Crippen LogP contribution in [0.25, 0.3) is 0 Å². The molecule has 1 aromatic heterocycles. The fourth-order valence-corrected chi connectivity index (χ4v) is 2.66. The molecule has 1 atom stereocenters. The molecule has 0 amide bonds. The van der Waals surface area contributed by atoms with Gasteiger partial charge in [-0.1, -0.05) is 34.8 Å². The van der Waals surface area contributed by atoms with Gasteiger partial charge in [0, 0.05) is 15.6 Å². The van der Waals surface area contributed by atoms with E-state index in [9.17, 15) is 4.79 Å². The van der Waals surface area contributed by atoms with Crippen molar-refractivity contribution in [2.75, 3.05) is 0 Å². The second kappa shape index (κ2) is 7.21. The number of aromatic nitrogens is 3. The van der Waals surface area contributed by atoms with Gasteiger partial charge in [0.2, 0.25) is 5.78 Å². The lowest BCUT2D eigenvalue weighted by molar-refractivity contribution is 0.0619. The van der Waals surface area contributed by atoms with Crippen molar-refractivity contribution < 1.29 is 9.53 Å². The van der Waals surface area contributed by atoms with Gasteiger partial charge in [0.1, 0.15) is 18.4 Å². The lowest BCUT2D eigenvalue weighted by atomic mass is 10.1. The normalized spacial score (nSPS) is 12.0. The number of hydrogen-bond acceptors (Lipinski definition) is 4. The van der Waals surface area contributed by atoms with Crippen molar-refractivity contribution in [3.63, 3.8) is 0 Å². The highest BCUT2D eigenvalue weighted by Gasteiger charge is 2.26. The number of ether oxygens (including phenoxy) is 1. The van der Waals surface area contributed by atoms with Crippen molar-refractivity contribution in [3.05, 3.63) is 75.8 Å². The van der Waals surface area contributed by atoms with Gasteiger partial charge in [0.15, 0.2) is 0 Å². The van der Waals surface area contributed by atoms with Crippen LogP contribution in [0.5, 0.6) is 5.75 Å². The Balaban J connectivity index is 1.95. The summed E-state index contributed by atoms with van der Waals surface area (Å²) in [7, 11) is 0. The van der Waals surface area contributed by atoms with Crippen molar-refractivity contribution in [2.24, 2.45) is 0 Å². The van der Waals surface area contributed by atoms with Gasteiger partial charge >= 0.3 is 0 Å². The monoisotopic (exact) mass is 381 g/mol. The molecule has 0 N–H and O–H groups in total. The predicted octanol–water partition coefficient (Wildman–Crippen LogP) is 4.70. The van der Waals surface area contributed by atoms with Crippen LogP contribution in [0.2, 0.25) is 15.1 Å². The number of ketones is 1. The van der Waals surface area contributed by atoms with Crippen molar-refractivity contribution >= 4 is 40.6 Å². The summed E-state index contributed by atoms with van der Waals surface area (Å²) >= 11 is 17.9. The summed E-state index contributed by atoms with van der Waals surface area (Å²) in [4.78, 5) is 16.7. The summed E-state index contributed by atoms with van der Waals surface area (Å²) in [6.07, 6.45) is 1.64. The minimum atomic E-state index is -1.06. The second-order valence-electron chi connectivity index (χ2n) is 4.79. The fourth-order valence-electron chi connectivity index (χ4n) is 2.03. The number of hydrogen-bond donors (Lipinski definition) is 0. The largest absolute Gasteiger partial charge is 0.461 e. The summed E-state index contributed by atoms with van der Waals surface area (Å²) in [5.41, 5.74) is 0.274. The van der Waals surface area contributed by atoms with Gasteiger partial charge in [0.05, 0.1) is 5.02 Å². The molecule has 0 bridgehead atoms. The maximum Gasteiger partial charge on any atom is 0.256 e. The number of carbonyl (C=O) groups is 1. The van der Waals surface area contributed by atoms with E-state index in [4.69, 9.17) is 39.5 Å². The molecule has 3 aromatic rings. The van der Waals surface area contributed by atoms with Crippen LogP contribution in [0.4, 0.5) is 0 Å². The molecule has 1 heterocycles. The Bertz CT molecular complexity index is 852. The highest BCUT2D eigenvalue weighted by molar-refractivity contribution is 6.37. The van der Waals surface area contributed by atoms with Gasteiger partial charge in [-0.25, -0.2) is 9.67 Å². The Morgan fingerprint density at radius 1 is 1.04 bits per heavy atom. The number of carbonyl (C=O) groups excluding carboxylic acids is 1. The molecule has 2 aromatic carbocycles. The van der Waals surface area contributed by atoms with E-state index in [1.807, 2.05) is 0 Å². The zero-order chi connectivity index (χ0) is 17.1. The third kappa shape index (κ3) is 3.70. The van der Waals surface area contributed by atoms with Gasteiger partial charge in [-0.3, -0.25) is 4.79 Å². The van der Waals surface area contributed by atoms with Crippen LogP contribution in [-0.2, 0) is 0 Å². The van der Waals surface area contributed by atoms with Crippen LogP contribution in [0, 0.1) is 0 Å². The van der Waals surface area contributed by atoms with Gasteiger partial charge in [-0.05, 0) is 42.5 Å². The zero-order valence-corrected chi connectivity index (χ0v) is 14.3. The van der Waals surface area contributed by atoms with E-state index < -0.39 is 6.23 Å². The molecule has 5 nitrogen and oxygen atoms in total. The first-order valence-electron chi connectivity index (χ1n) is 6.80. The lowest BCUT2D eigenvalue weighted by Gasteiger charge is -2.18. The molecule has 0 aliphatic carbocycles. The smallest absolute Gasteiger partial charge is 0.256 e. The summed E-state index contributed by atoms with van der Waals surface area (Å²) < 4.78 is 7.08. The summed E-state index contributed by atoms with van der Waals surface area (Å²) in [6.45, 7) is 0. The van der Waals surface area contributed by atoms with Gasteiger partial charge in [-0.2, -0.15) is 5.10 Å². The van der Waals surface area contributed by atoms with Crippen LogP contribution >= 0.6 is 34.8 Å². The molecular weight excluding hydrogens is 373 g/mol. The van der Waals surface area contributed by atoms with Crippen molar-refractivity contribution in [1.82, 2.24) is 14.8 Å². The van der Waals surface area contributed by atoms with E-state index in [-0.39, 0.29) is 16.4 Å². The van der Waals surface area contributed by atoms with Crippen molar-refractivity contribution in [2.45, 2.75) is 6.23 Å². The Morgan fingerprint density at radius 3 is 2.38 bits per heavy atom. The molecule has 0 aliphatic heterocycles. The number of nitrogens with zero attached hydrogens (tertiary/aromatic N) is 3. The first kappa shape index (κ1) is 16.8. The highest BCUT2D eigenvalue weighted by atomic mass is 35.5. The molecule has 0 saturated heterocycles. The Hall–Kier alpha value is -2.08. The molecule has 0 saturated carbocycles. The highest BCUT2D eigenvalue weighted by Crippen LogP contribution is 2.27. The number of rotatable bonds is 5. The van der Waals surface area contributed by atoms with E-state index in [1.165, 1.54) is 23.4 Å². The van der Waals surface area contributed by atoms with E-state index >= 15 is 0 Å². The SMILES string of the molecule is O=C(c1ccc(Cl)cc1Cl)C(Oc1ccc(Cl)cc1)n1cncn1. The molecular formula is C16H10Cl3N3O2. The van der Waals surface area contributed by atoms with E-state index in [1.54, 1.807) is 36.4 Å². The third-order valence-electron chi connectivity index (χ3n) is 3.16. The number of benzene rings is 2. The lowest BCUT2D eigenvalue weighted by Crippen LogP contribution is -2.26. The molecule has 122 valence electrons. The Labute approximate surface area is 152 Å². The van der Waals surface area contributed by atoms with E-state index in [0.717, 1.165) is 0 Å². The summed E-state index contributed by atoms with van der Waals surface area (Å²) in [5.74, 6) is 0.0791. The molecule has 8 heteroatoms. The summed E-state index contributed by atoms with van der Waals surface area (Å²) in [6, 6.07) is 11.3. The topological polar surface area (TPSA) is 57.0 Å². The molecule has 0 fully saturated rings. The third-order valence-corrected chi connectivity index (χ3v) is 3.96. The first-order valence-corrected chi connectivity index (χ1v) is 7.93. The molecule has 24 heavy (non-hydrogen) atoms. The van der Waals surface area contributed by atoms with Crippen LogP contribution in [0.3, 0.4) is 0 Å². The van der Waals surface area contributed by atoms with Crippen LogP contribution < -0.4 is 4.74 Å². The van der Waals surface area contributed by atoms with Gasteiger partial charge in [-0.15, -0.1) is 0 Å². The quantitative estimate of drug-likeness (QED) is 0.600. The average molecular weight is 383 g/mol. The molecule has 0 spiro atoms. The van der Waals surface area contributed by atoms with E-state index in [0.29, 0.717) is 15.8 Å². The van der Waals surface area contributed by atoms with E-state index in [2.05, 4.69) is 10.1 Å². The number of halogens is 3. The standard InChI is InChI=1S/C16H10Cl3N3O2/c17-10-1-4-12(5-2-10)24-16(22-9-20-8-21-22)15(23)13-6-3-11(18)7-14(13)19/h1-9,16H. The van der Waals surface area contributed by atoms with Crippen LogP contribution in [-0.4, -0.2) is 20.5 Å². The summed E-state index contributed by atoms with van der Waals surface area (Å²) in [5, 5.41) is 5.22. The Morgan fingerprint density at radius 2 is 1.75 bits per heavy atom. The van der Waals surface area contributed by atoms with Gasteiger partial charge < -0.3 is 4.74 Å². The van der Waals surface area contributed by atoms with Crippen molar-refractivity contribution in [3.8, 4) is 5.75 Å². The van der Waals surface area contributed by atoms with Crippen molar-refractivity contribution in [1.29, 1.82) is 0 Å². The molecule has 1 unspecified atom stereocenters. The van der Waals surface area contributed by atoms with Crippen LogP contribution in [0.1, 0.15) is 16.6 Å². The maximum atomic E-state index is 12.9. The fraction of sp³-hybridized carbons (Fsp3) is 0.0625. The predicted molar refractivity (Wildman–Crippen MR) is 91.9 cm³/mol. The van der Waals surface area contributed by atoms with Gasteiger partial charge in [0.25, 0.3) is 6.23 Å². The minimum Gasteiger partial charge on any atom is -0.461 e. The second-order valence-corrected chi connectivity index (χ2v) is 6.07. The maximum absolute atomic E-state index is 12.9. The molecule has 3 rings (SSSR count). The Kier molecular flexibility index (Phi) is 5.04. The average Bonchev–Trinajstić information content (AvgIpc) is 3.08.